The van der Waals surface area contributed by atoms with Gasteiger partial charge in [0.1, 0.15) is 0 Å². The molecule has 0 bridgehead atoms. The quantitative estimate of drug-likeness (QED) is 0.722. The van der Waals surface area contributed by atoms with Crippen LogP contribution in [0, 0.1) is 0 Å². The van der Waals surface area contributed by atoms with Gasteiger partial charge in [0.15, 0.2) is 0 Å². The van der Waals surface area contributed by atoms with Crippen LogP contribution in [0.4, 0.5) is 0 Å². The highest BCUT2D eigenvalue weighted by molar-refractivity contribution is 5.01. The Hall–Kier alpha value is -0.340. The molecule has 0 aromatic carbocycles. The van der Waals surface area contributed by atoms with Crippen LogP contribution in [0.1, 0.15) is 46.5 Å². The van der Waals surface area contributed by atoms with E-state index < -0.39 is 0 Å². The van der Waals surface area contributed by atoms with Gasteiger partial charge in [0.05, 0.1) is 0 Å². The van der Waals surface area contributed by atoms with Gasteiger partial charge < -0.3 is 5.32 Å². The lowest BCUT2D eigenvalue weighted by atomic mass is 10.1. The van der Waals surface area contributed by atoms with Crippen molar-refractivity contribution < 1.29 is 0 Å². The van der Waals surface area contributed by atoms with Gasteiger partial charge >= 0.3 is 0 Å². The van der Waals surface area contributed by atoms with Crippen molar-refractivity contribution in [2.24, 2.45) is 0 Å². The molecule has 0 heterocycles. The van der Waals surface area contributed by atoms with Crippen molar-refractivity contribution in [1.82, 2.24) is 10.2 Å². The van der Waals surface area contributed by atoms with Gasteiger partial charge in [-0.05, 0) is 46.2 Å². The smallest absolute Gasteiger partial charge is 0.0202 e. The maximum absolute atomic E-state index is 4.16. The number of hydrogen-bond acceptors (Lipinski definition) is 2. The maximum atomic E-state index is 4.16. The fraction of sp³-hybridized carbons (Fsp3) is 0.857. The Morgan fingerprint density at radius 1 is 1.31 bits per heavy atom. The number of hydrogen-bond donors (Lipinski definition) is 1. The highest BCUT2D eigenvalue weighted by Gasteiger charge is 2.19. The van der Waals surface area contributed by atoms with E-state index >= 15 is 0 Å². The van der Waals surface area contributed by atoms with Crippen molar-refractivity contribution in [3.63, 3.8) is 0 Å². The summed E-state index contributed by atoms with van der Waals surface area (Å²) < 4.78 is 0. The summed E-state index contributed by atoms with van der Waals surface area (Å²) in [7, 11) is 2.23. The third kappa shape index (κ3) is 5.13. The van der Waals surface area contributed by atoms with E-state index in [0.717, 1.165) is 19.1 Å². The molecule has 0 saturated heterocycles. The van der Waals surface area contributed by atoms with Gasteiger partial charge in [-0.15, -0.1) is 0 Å². The number of nitrogens with zero attached hydrogens (tertiary/aromatic N) is 1. The van der Waals surface area contributed by atoms with Crippen molar-refractivity contribution in [1.29, 1.82) is 0 Å². The second-order valence-corrected chi connectivity index (χ2v) is 6.21. The highest BCUT2D eigenvalue weighted by Crippen LogP contribution is 2.22. The summed E-state index contributed by atoms with van der Waals surface area (Å²) in [4.78, 5) is 2.47. The van der Waals surface area contributed by atoms with Crippen LogP contribution in [0.3, 0.4) is 0 Å². The van der Waals surface area contributed by atoms with Gasteiger partial charge in [-0.1, -0.05) is 19.4 Å². The Balaban J connectivity index is 2.22. The Kier molecular flexibility index (Phi) is 5.00. The van der Waals surface area contributed by atoms with Gasteiger partial charge in [0.25, 0.3) is 0 Å². The number of likely N-dealkylation sites (N-methyl/N-ethyl adjacent to an activating group) is 1. The first kappa shape index (κ1) is 13.7. The first-order valence-corrected chi connectivity index (χ1v) is 6.50. The molecular formula is C14H28N2. The summed E-state index contributed by atoms with van der Waals surface area (Å²) >= 11 is 0. The fourth-order valence-corrected chi connectivity index (χ4v) is 2.27. The predicted molar refractivity (Wildman–Crippen MR) is 71.8 cm³/mol. The topological polar surface area (TPSA) is 15.3 Å². The molecule has 94 valence electrons. The predicted octanol–water partition coefficient (Wildman–Crippen LogP) is 2.81. The minimum Gasteiger partial charge on any atom is -0.308 e. The standard InChI is InChI=1S/C14H28N2/c1-12(10-15-14(2,3)4)11-16(5)13-8-6-7-9-13/h13,15H,1,6-11H2,2-5H3. The van der Waals surface area contributed by atoms with E-state index in [1.807, 2.05) is 0 Å². The molecule has 1 aliphatic carbocycles. The lowest BCUT2D eigenvalue weighted by Gasteiger charge is -2.27. The minimum atomic E-state index is 0.189. The molecule has 0 radical (unpaired) electrons. The van der Waals surface area contributed by atoms with Crippen LogP contribution in [0.15, 0.2) is 12.2 Å². The second-order valence-electron chi connectivity index (χ2n) is 6.21. The van der Waals surface area contributed by atoms with Crippen LogP contribution in [0.2, 0.25) is 0 Å². The summed E-state index contributed by atoms with van der Waals surface area (Å²) in [5.41, 5.74) is 1.49. The molecule has 1 saturated carbocycles. The largest absolute Gasteiger partial charge is 0.308 e. The molecule has 0 aromatic rings. The first-order chi connectivity index (χ1) is 7.38. The lowest BCUT2D eigenvalue weighted by Crippen LogP contribution is -2.39. The average Bonchev–Trinajstić information content (AvgIpc) is 2.66. The highest BCUT2D eigenvalue weighted by atomic mass is 15.1. The molecule has 0 atom stereocenters. The number of rotatable bonds is 5. The van der Waals surface area contributed by atoms with Crippen molar-refractivity contribution in [2.45, 2.75) is 58.0 Å². The zero-order valence-electron chi connectivity index (χ0n) is 11.5. The first-order valence-electron chi connectivity index (χ1n) is 6.50. The molecule has 0 amide bonds. The molecule has 2 nitrogen and oxygen atoms in total. The summed E-state index contributed by atoms with van der Waals surface area (Å²) in [6, 6.07) is 0.798. The molecular weight excluding hydrogens is 196 g/mol. The zero-order chi connectivity index (χ0) is 12.2. The van der Waals surface area contributed by atoms with E-state index in [0.29, 0.717) is 0 Å². The number of nitrogens with one attached hydrogen (secondary N) is 1. The summed E-state index contributed by atoms with van der Waals surface area (Å²) in [5.74, 6) is 0. The zero-order valence-corrected chi connectivity index (χ0v) is 11.5. The van der Waals surface area contributed by atoms with Crippen LogP contribution >= 0.6 is 0 Å². The second kappa shape index (κ2) is 5.83. The molecule has 1 fully saturated rings. The summed E-state index contributed by atoms with van der Waals surface area (Å²) in [5, 5.41) is 3.49. The van der Waals surface area contributed by atoms with Crippen LogP contribution in [0.25, 0.3) is 0 Å². The Bertz CT molecular complexity index is 221. The van der Waals surface area contributed by atoms with Gasteiger partial charge in [-0.25, -0.2) is 0 Å². The van der Waals surface area contributed by atoms with Crippen molar-refractivity contribution in [3.8, 4) is 0 Å². The van der Waals surface area contributed by atoms with Crippen molar-refractivity contribution in [2.75, 3.05) is 20.1 Å². The Labute approximate surface area is 101 Å². The van der Waals surface area contributed by atoms with Crippen LogP contribution in [0.5, 0.6) is 0 Å². The minimum absolute atomic E-state index is 0.189. The average molecular weight is 224 g/mol. The molecule has 0 unspecified atom stereocenters. The normalized spacial score (nSPS) is 18.3. The van der Waals surface area contributed by atoms with E-state index in [1.165, 1.54) is 31.3 Å². The van der Waals surface area contributed by atoms with Crippen LogP contribution < -0.4 is 5.32 Å². The summed E-state index contributed by atoms with van der Waals surface area (Å²) in [6.07, 6.45) is 5.55. The monoisotopic (exact) mass is 224 g/mol. The van der Waals surface area contributed by atoms with Crippen molar-refractivity contribution in [3.05, 3.63) is 12.2 Å². The van der Waals surface area contributed by atoms with Gasteiger partial charge in [0.2, 0.25) is 0 Å². The summed E-state index contributed by atoms with van der Waals surface area (Å²) in [6.45, 7) is 12.7. The Morgan fingerprint density at radius 2 is 1.88 bits per heavy atom. The van der Waals surface area contributed by atoms with E-state index in [2.05, 4.69) is 44.6 Å². The lowest BCUT2D eigenvalue weighted by molar-refractivity contribution is 0.262. The molecule has 1 aliphatic rings. The molecule has 0 aliphatic heterocycles. The SMILES string of the molecule is C=C(CNC(C)(C)C)CN(C)C1CCCC1. The van der Waals surface area contributed by atoms with E-state index in [1.54, 1.807) is 0 Å². The molecule has 16 heavy (non-hydrogen) atoms. The molecule has 0 spiro atoms. The maximum Gasteiger partial charge on any atom is 0.0202 e. The molecule has 0 aromatic heterocycles. The van der Waals surface area contributed by atoms with Crippen LogP contribution in [-0.4, -0.2) is 36.6 Å². The third-order valence-corrected chi connectivity index (χ3v) is 3.29. The third-order valence-electron chi connectivity index (χ3n) is 3.29. The van der Waals surface area contributed by atoms with Gasteiger partial charge in [0, 0.05) is 24.7 Å². The fourth-order valence-electron chi connectivity index (χ4n) is 2.27. The van der Waals surface area contributed by atoms with Gasteiger partial charge in [-0.3, -0.25) is 4.90 Å². The van der Waals surface area contributed by atoms with Gasteiger partial charge in [-0.2, -0.15) is 0 Å². The van der Waals surface area contributed by atoms with E-state index in [4.69, 9.17) is 0 Å². The Morgan fingerprint density at radius 3 is 2.38 bits per heavy atom. The van der Waals surface area contributed by atoms with E-state index in [9.17, 15) is 0 Å². The molecule has 1 N–H and O–H groups in total. The van der Waals surface area contributed by atoms with Crippen molar-refractivity contribution >= 4 is 0 Å². The van der Waals surface area contributed by atoms with E-state index in [-0.39, 0.29) is 5.54 Å². The molecule has 1 rings (SSSR count). The van der Waals surface area contributed by atoms with Crippen LogP contribution in [-0.2, 0) is 0 Å². The molecule has 2 heteroatoms.